The zero-order valence-corrected chi connectivity index (χ0v) is 15.4. The van der Waals surface area contributed by atoms with Gasteiger partial charge in [0.25, 0.3) is 0 Å². The van der Waals surface area contributed by atoms with Crippen LogP contribution in [0.25, 0.3) is 0 Å². The van der Waals surface area contributed by atoms with E-state index in [9.17, 15) is 13.2 Å². The van der Waals surface area contributed by atoms with Crippen LogP contribution in [-0.4, -0.2) is 36.8 Å². The molecule has 1 aromatic heterocycles. The molecule has 0 spiro atoms. The summed E-state index contributed by atoms with van der Waals surface area (Å²) in [5.41, 5.74) is 0.775. The van der Waals surface area contributed by atoms with Crippen LogP contribution in [0, 0.1) is 0 Å². The Morgan fingerprint density at radius 1 is 1.30 bits per heavy atom. The van der Waals surface area contributed by atoms with Crippen LogP contribution in [-0.2, 0) is 6.54 Å². The fourth-order valence-electron chi connectivity index (χ4n) is 1.64. The van der Waals surface area contributed by atoms with Crippen LogP contribution in [0.1, 0.15) is 25.8 Å². The van der Waals surface area contributed by atoms with Gasteiger partial charge in [0.1, 0.15) is 0 Å². The average molecular weight is 446 g/mol. The van der Waals surface area contributed by atoms with E-state index >= 15 is 0 Å². The van der Waals surface area contributed by atoms with Crippen LogP contribution < -0.4 is 15.4 Å². The van der Waals surface area contributed by atoms with E-state index in [1.807, 2.05) is 19.9 Å². The molecule has 1 rings (SSSR count). The van der Waals surface area contributed by atoms with Crippen molar-refractivity contribution in [3.8, 4) is 5.88 Å². The van der Waals surface area contributed by atoms with E-state index in [0.717, 1.165) is 5.56 Å². The van der Waals surface area contributed by atoms with Gasteiger partial charge in [-0.15, -0.1) is 24.0 Å². The SMILES string of the molecule is CCNC(=NCc1cccnc1OCC)NCCC(F)(F)F.I. The van der Waals surface area contributed by atoms with Gasteiger partial charge in [-0.3, -0.25) is 0 Å². The highest BCUT2D eigenvalue weighted by Gasteiger charge is 2.26. The second-order valence-corrected chi connectivity index (χ2v) is 4.39. The third-order valence-electron chi connectivity index (χ3n) is 2.58. The molecule has 1 aromatic rings. The number of ether oxygens (including phenoxy) is 1. The Hall–Kier alpha value is -1.26. The molecule has 0 fully saturated rings. The van der Waals surface area contributed by atoms with Crippen LogP contribution in [0.4, 0.5) is 13.2 Å². The number of rotatable bonds is 7. The highest BCUT2D eigenvalue weighted by Crippen LogP contribution is 2.18. The molecule has 5 nitrogen and oxygen atoms in total. The summed E-state index contributed by atoms with van der Waals surface area (Å²) >= 11 is 0. The van der Waals surface area contributed by atoms with E-state index in [1.54, 1.807) is 12.3 Å². The summed E-state index contributed by atoms with van der Waals surface area (Å²) in [6, 6.07) is 3.58. The molecule has 0 saturated carbocycles. The highest BCUT2D eigenvalue weighted by molar-refractivity contribution is 14.0. The van der Waals surface area contributed by atoms with Crippen molar-refractivity contribution in [3.63, 3.8) is 0 Å². The molecule has 132 valence electrons. The zero-order chi connectivity index (χ0) is 16.4. The molecule has 0 unspecified atom stereocenters. The second kappa shape index (κ2) is 11.3. The third kappa shape index (κ3) is 9.47. The number of halogens is 4. The fraction of sp³-hybridized carbons (Fsp3) is 0.571. The summed E-state index contributed by atoms with van der Waals surface area (Å²) in [5, 5.41) is 5.56. The van der Waals surface area contributed by atoms with Crippen LogP contribution in [0.3, 0.4) is 0 Å². The Balaban J connectivity index is 0.00000484. The van der Waals surface area contributed by atoms with E-state index in [4.69, 9.17) is 4.74 Å². The quantitative estimate of drug-likeness (QED) is 0.384. The first-order chi connectivity index (χ1) is 10.5. The lowest BCUT2D eigenvalue weighted by Crippen LogP contribution is -2.38. The highest BCUT2D eigenvalue weighted by atomic mass is 127. The standard InChI is InChI=1S/C14H21F3N4O.HI/c1-3-18-13(20-9-7-14(15,16)17)21-10-11-6-5-8-19-12(11)22-4-2;/h5-6,8H,3-4,7,9-10H2,1-2H3,(H2,18,20,21);1H. The Labute approximate surface area is 151 Å². The second-order valence-electron chi connectivity index (χ2n) is 4.39. The molecule has 0 aliphatic rings. The van der Waals surface area contributed by atoms with E-state index < -0.39 is 12.6 Å². The third-order valence-corrected chi connectivity index (χ3v) is 2.58. The molecule has 0 aliphatic heterocycles. The van der Waals surface area contributed by atoms with Gasteiger partial charge in [-0.25, -0.2) is 9.98 Å². The molecular formula is C14H22F3IN4O. The number of alkyl halides is 3. The van der Waals surface area contributed by atoms with Gasteiger partial charge in [-0.2, -0.15) is 13.2 Å². The Bertz CT molecular complexity index is 483. The van der Waals surface area contributed by atoms with Gasteiger partial charge in [0.05, 0.1) is 19.6 Å². The number of guanidine groups is 1. The molecule has 0 atom stereocenters. The van der Waals surface area contributed by atoms with Gasteiger partial charge in [0, 0.05) is 24.8 Å². The number of hydrogen-bond donors (Lipinski definition) is 2. The molecule has 0 bridgehead atoms. The molecule has 9 heteroatoms. The van der Waals surface area contributed by atoms with Crippen molar-refractivity contribution in [2.75, 3.05) is 19.7 Å². The molecule has 0 aromatic carbocycles. The van der Waals surface area contributed by atoms with Gasteiger partial charge in [0.15, 0.2) is 5.96 Å². The molecule has 0 aliphatic carbocycles. The molecule has 2 N–H and O–H groups in total. The lowest BCUT2D eigenvalue weighted by atomic mass is 10.3. The van der Waals surface area contributed by atoms with Crippen molar-refractivity contribution in [2.45, 2.75) is 33.0 Å². The summed E-state index contributed by atoms with van der Waals surface area (Å²) in [6.45, 7) is 4.78. The van der Waals surface area contributed by atoms with E-state index in [-0.39, 0.29) is 37.1 Å². The molecule has 0 radical (unpaired) electrons. The first kappa shape index (κ1) is 21.7. The van der Waals surface area contributed by atoms with Crippen LogP contribution >= 0.6 is 24.0 Å². The summed E-state index contributed by atoms with van der Waals surface area (Å²) in [4.78, 5) is 8.36. The van der Waals surface area contributed by atoms with Gasteiger partial charge < -0.3 is 15.4 Å². The Morgan fingerprint density at radius 3 is 2.65 bits per heavy atom. The topological polar surface area (TPSA) is 58.5 Å². The minimum Gasteiger partial charge on any atom is -0.478 e. The summed E-state index contributed by atoms with van der Waals surface area (Å²) in [5.74, 6) is 0.818. The Morgan fingerprint density at radius 2 is 2.04 bits per heavy atom. The summed E-state index contributed by atoms with van der Waals surface area (Å²) in [6.07, 6.45) is -3.48. The molecule has 0 amide bonds. The maximum absolute atomic E-state index is 12.2. The van der Waals surface area contributed by atoms with Crippen LogP contribution in [0.5, 0.6) is 5.88 Å². The van der Waals surface area contributed by atoms with Crippen molar-refractivity contribution in [1.29, 1.82) is 0 Å². The van der Waals surface area contributed by atoms with Crippen molar-refractivity contribution in [1.82, 2.24) is 15.6 Å². The number of pyridine rings is 1. The number of aromatic nitrogens is 1. The van der Waals surface area contributed by atoms with Crippen LogP contribution in [0.2, 0.25) is 0 Å². The fourth-order valence-corrected chi connectivity index (χ4v) is 1.64. The number of hydrogen-bond acceptors (Lipinski definition) is 3. The largest absolute Gasteiger partial charge is 0.478 e. The molecule has 23 heavy (non-hydrogen) atoms. The van der Waals surface area contributed by atoms with Gasteiger partial charge >= 0.3 is 6.18 Å². The summed E-state index contributed by atoms with van der Waals surface area (Å²) in [7, 11) is 0. The minimum absolute atomic E-state index is 0. The number of aliphatic imine (C=N–C) groups is 1. The lowest BCUT2D eigenvalue weighted by molar-refractivity contribution is -0.132. The van der Waals surface area contributed by atoms with Gasteiger partial charge in [-0.1, -0.05) is 6.07 Å². The average Bonchev–Trinajstić information content (AvgIpc) is 2.45. The van der Waals surface area contributed by atoms with Crippen molar-refractivity contribution >= 4 is 29.9 Å². The molecule has 1 heterocycles. The first-order valence-electron chi connectivity index (χ1n) is 7.12. The summed E-state index contributed by atoms with van der Waals surface area (Å²) < 4.78 is 41.9. The number of nitrogens with zero attached hydrogens (tertiary/aromatic N) is 2. The van der Waals surface area contributed by atoms with E-state index in [0.29, 0.717) is 25.0 Å². The monoisotopic (exact) mass is 446 g/mol. The van der Waals surface area contributed by atoms with Crippen molar-refractivity contribution in [3.05, 3.63) is 23.9 Å². The van der Waals surface area contributed by atoms with E-state index in [1.165, 1.54) is 0 Å². The molecular weight excluding hydrogens is 424 g/mol. The predicted octanol–water partition coefficient (Wildman–Crippen LogP) is 3.11. The van der Waals surface area contributed by atoms with Crippen molar-refractivity contribution in [2.24, 2.45) is 4.99 Å². The van der Waals surface area contributed by atoms with Gasteiger partial charge in [0.2, 0.25) is 5.88 Å². The minimum atomic E-state index is -4.18. The van der Waals surface area contributed by atoms with Gasteiger partial charge in [-0.05, 0) is 19.9 Å². The van der Waals surface area contributed by atoms with Crippen LogP contribution in [0.15, 0.2) is 23.3 Å². The number of nitrogens with one attached hydrogen (secondary N) is 2. The predicted molar refractivity (Wildman–Crippen MR) is 94.3 cm³/mol. The maximum Gasteiger partial charge on any atom is 0.390 e. The maximum atomic E-state index is 12.2. The Kier molecular flexibility index (Phi) is 10.7. The lowest BCUT2D eigenvalue weighted by Gasteiger charge is -2.13. The van der Waals surface area contributed by atoms with Crippen molar-refractivity contribution < 1.29 is 17.9 Å². The van der Waals surface area contributed by atoms with E-state index in [2.05, 4.69) is 20.6 Å². The zero-order valence-electron chi connectivity index (χ0n) is 13.1. The first-order valence-corrected chi connectivity index (χ1v) is 7.12. The normalized spacial score (nSPS) is 11.6. The molecule has 0 saturated heterocycles. The smallest absolute Gasteiger partial charge is 0.390 e.